The molecule has 3 nitrogen and oxygen atoms in total. The number of hydrogen-bond acceptors (Lipinski definition) is 3. The van der Waals surface area contributed by atoms with Crippen LogP contribution < -0.4 is 9.47 Å². The van der Waals surface area contributed by atoms with Crippen molar-refractivity contribution in [1.29, 1.82) is 0 Å². The SMILES string of the molecule is C=C(Oc1ccc(C(C)(C)C)cc1OC(=O)c1ccccc1)c1ccccc1. The largest absolute Gasteiger partial charge is 0.453 e. The molecule has 0 atom stereocenters. The average Bonchev–Trinajstić information content (AvgIpc) is 2.69. The Kier molecular flexibility index (Phi) is 5.65. The van der Waals surface area contributed by atoms with Gasteiger partial charge in [0.1, 0.15) is 5.76 Å². The number of benzene rings is 3. The average molecular weight is 372 g/mol. The zero-order chi connectivity index (χ0) is 20.1. The maximum absolute atomic E-state index is 12.6. The van der Waals surface area contributed by atoms with E-state index in [0.717, 1.165) is 11.1 Å². The zero-order valence-corrected chi connectivity index (χ0v) is 16.4. The van der Waals surface area contributed by atoms with Crippen LogP contribution in [0.5, 0.6) is 11.5 Å². The van der Waals surface area contributed by atoms with E-state index in [1.54, 1.807) is 24.3 Å². The van der Waals surface area contributed by atoms with Gasteiger partial charge in [0, 0.05) is 5.56 Å². The van der Waals surface area contributed by atoms with Gasteiger partial charge >= 0.3 is 5.97 Å². The molecule has 3 aromatic carbocycles. The lowest BCUT2D eigenvalue weighted by atomic mass is 9.87. The fraction of sp³-hybridized carbons (Fsp3) is 0.160. The van der Waals surface area contributed by atoms with Crippen LogP contribution in [0, 0.1) is 0 Å². The minimum atomic E-state index is -0.429. The highest BCUT2D eigenvalue weighted by Gasteiger charge is 2.20. The van der Waals surface area contributed by atoms with E-state index >= 15 is 0 Å². The van der Waals surface area contributed by atoms with E-state index in [2.05, 4.69) is 27.4 Å². The smallest absolute Gasteiger partial charge is 0.343 e. The third-order valence-electron chi connectivity index (χ3n) is 4.35. The van der Waals surface area contributed by atoms with E-state index in [9.17, 15) is 4.79 Å². The van der Waals surface area contributed by atoms with Crippen molar-refractivity contribution in [2.75, 3.05) is 0 Å². The van der Waals surface area contributed by atoms with Crippen LogP contribution in [0.15, 0.2) is 85.4 Å². The first-order valence-electron chi connectivity index (χ1n) is 9.18. The van der Waals surface area contributed by atoms with Crippen molar-refractivity contribution in [3.63, 3.8) is 0 Å². The molecule has 0 amide bonds. The van der Waals surface area contributed by atoms with Crippen LogP contribution in [0.4, 0.5) is 0 Å². The Hall–Kier alpha value is -3.33. The molecule has 0 aliphatic heterocycles. The number of carbonyl (C=O) groups is 1. The number of ether oxygens (including phenoxy) is 2. The first-order valence-corrected chi connectivity index (χ1v) is 9.18. The lowest BCUT2D eigenvalue weighted by molar-refractivity contribution is 0.0730. The van der Waals surface area contributed by atoms with Crippen molar-refractivity contribution in [1.82, 2.24) is 0 Å². The van der Waals surface area contributed by atoms with Crippen LogP contribution in [0.3, 0.4) is 0 Å². The van der Waals surface area contributed by atoms with Crippen molar-refractivity contribution in [2.24, 2.45) is 0 Å². The third kappa shape index (κ3) is 4.68. The third-order valence-corrected chi connectivity index (χ3v) is 4.35. The topological polar surface area (TPSA) is 35.5 Å². The van der Waals surface area contributed by atoms with Gasteiger partial charge in [-0.25, -0.2) is 4.79 Å². The molecule has 0 saturated carbocycles. The second-order valence-corrected chi connectivity index (χ2v) is 7.56. The van der Waals surface area contributed by atoms with Gasteiger partial charge in [0.25, 0.3) is 0 Å². The van der Waals surface area contributed by atoms with Gasteiger partial charge in [-0.3, -0.25) is 0 Å². The van der Waals surface area contributed by atoms with Gasteiger partial charge < -0.3 is 9.47 Å². The molecule has 0 aliphatic rings. The highest BCUT2D eigenvalue weighted by atomic mass is 16.6. The molecule has 0 N–H and O–H groups in total. The monoisotopic (exact) mass is 372 g/mol. The Morgan fingerprint density at radius 1 is 0.750 bits per heavy atom. The molecule has 142 valence electrons. The lowest BCUT2D eigenvalue weighted by Crippen LogP contribution is -2.13. The van der Waals surface area contributed by atoms with Gasteiger partial charge in [-0.2, -0.15) is 0 Å². The molecule has 3 aromatic rings. The van der Waals surface area contributed by atoms with E-state index in [1.807, 2.05) is 54.6 Å². The summed E-state index contributed by atoms with van der Waals surface area (Å²) < 4.78 is 11.7. The summed E-state index contributed by atoms with van der Waals surface area (Å²) in [5.41, 5.74) is 2.29. The van der Waals surface area contributed by atoms with Gasteiger partial charge in [-0.15, -0.1) is 0 Å². The van der Waals surface area contributed by atoms with Crippen LogP contribution >= 0.6 is 0 Å². The minimum absolute atomic E-state index is 0.0944. The first kappa shape index (κ1) is 19.4. The number of carbonyl (C=O) groups excluding carboxylic acids is 1. The second-order valence-electron chi connectivity index (χ2n) is 7.56. The van der Waals surface area contributed by atoms with Crippen LogP contribution in [-0.4, -0.2) is 5.97 Å². The Morgan fingerprint density at radius 2 is 1.32 bits per heavy atom. The molecule has 28 heavy (non-hydrogen) atoms. The van der Waals surface area contributed by atoms with Crippen molar-refractivity contribution in [3.05, 3.63) is 102 Å². The summed E-state index contributed by atoms with van der Waals surface area (Å²) in [6.07, 6.45) is 0. The molecular formula is C25H24O3. The first-order chi connectivity index (χ1) is 13.3. The van der Waals surface area contributed by atoms with Gasteiger partial charge in [-0.05, 0) is 35.2 Å². The normalized spacial score (nSPS) is 11.0. The van der Waals surface area contributed by atoms with Crippen LogP contribution in [0.2, 0.25) is 0 Å². The maximum Gasteiger partial charge on any atom is 0.343 e. The Labute approximate surface area is 166 Å². The summed E-state index contributed by atoms with van der Waals surface area (Å²) >= 11 is 0. The van der Waals surface area contributed by atoms with Crippen LogP contribution in [-0.2, 0) is 5.41 Å². The Morgan fingerprint density at radius 3 is 1.89 bits per heavy atom. The predicted molar refractivity (Wildman–Crippen MR) is 113 cm³/mol. The molecule has 0 unspecified atom stereocenters. The van der Waals surface area contributed by atoms with Crippen LogP contribution in [0.25, 0.3) is 5.76 Å². The molecule has 0 heterocycles. The molecule has 0 bridgehead atoms. The second kappa shape index (κ2) is 8.13. The fourth-order valence-electron chi connectivity index (χ4n) is 2.69. The van der Waals surface area contributed by atoms with E-state index in [1.165, 1.54) is 0 Å². The minimum Gasteiger partial charge on any atom is -0.453 e. The highest BCUT2D eigenvalue weighted by Crippen LogP contribution is 2.35. The summed E-state index contributed by atoms with van der Waals surface area (Å²) in [6, 6.07) is 24.2. The van der Waals surface area contributed by atoms with Gasteiger partial charge in [0.15, 0.2) is 11.5 Å². The number of rotatable bonds is 5. The molecule has 0 fully saturated rings. The maximum atomic E-state index is 12.6. The zero-order valence-electron chi connectivity index (χ0n) is 16.4. The van der Waals surface area contributed by atoms with Crippen molar-refractivity contribution in [3.8, 4) is 11.5 Å². The summed E-state index contributed by atoms with van der Waals surface area (Å²) in [7, 11) is 0. The molecule has 3 rings (SSSR count). The summed E-state index contributed by atoms with van der Waals surface area (Å²) in [4.78, 5) is 12.6. The summed E-state index contributed by atoms with van der Waals surface area (Å²) in [5.74, 6) is 0.882. The quantitative estimate of drug-likeness (QED) is 0.301. The standard InChI is InChI=1S/C25H24O3/c1-18(19-11-7-5-8-12-19)27-22-16-15-21(25(2,3)4)17-23(22)28-24(26)20-13-9-6-10-14-20/h5-17H,1H2,2-4H3. The highest BCUT2D eigenvalue weighted by molar-refractivity contribution is 5.91. The molecule has 0 aromatic heterocycles. The van der Waals surface area contributed by atoms with Gasteiger partial charge in [0.05, 0.1) is 5.56 Å². The fourth-order valence-corrected chi connectivity index (χ4v) is 2.69. The molecule has 3 heteroatoms. The van der Waals surface area contributed by atoms with E-state index < -0.39 is 5.97 Å². The van der Waals surface area contributed by atoms with E-state index in [4.69, 9.17) is 9.47 Å². The van der Waals surface area contributed by atoms with Crippen molar-refractivity contribution >= 4 is 11.7 Å². The summed E-state index contributed by atoms with van der Waals surface area (Å²) in [5, 5.41) is 0. The predicted octanol–water partition coefficient (Wildman–Crippen LogP) is 6.25. The van der Waals surface area contributed by atoms with Gasteiger partial charge in [-0.1, -0.05) is 81.9 Å². The Balaban J connectivity index is 1.92. The van der Waals surface area contributed by atoms with Crippen molar-refractivity contribution < 1.29 is 14.3 Å². The van der Waals surface area contributed by atoms with E-state index in [0.29, 0.717) is 22.8 Å². The molecule has 0 saturated heterocycles. The lowest BCUT2D eigenvalue weighted by Gasteiger charge is -2.21. The van der Waals surface area contributed by atoms with Crippen LogP contribution in [0.1, 0.15) is 42.3 Å². The summed E-state index contributed by atoms with van der Waals surface area (Å²) in [6.45, 7) is 10.3. The van der Waals surface area contributed by atoms with Gasteiger partial charge in [0.2, 0.25) is 0 Å². The molecule has 0 spiro atoms. The Bertz CT molecular complexity index is 968. The number of esters is 1. The molecule has 0 radical (unpaired) electrons. The van der Waals surface area contributed by atoms with Crippen molar-refractivity contribution in [2.45, 2.75) is 26.2 Å². The van der Waals surface area contributed by atoms with E-state index in [-0.39, 0.29) is 5.41 Å². The number of hydrogen-bond donors (Lipinski definition) is 0. The molecular weight excluding hydrogens is 348 g/mol. The molecule has 0 aliphatic carbocycles.